The monoisotopic (exact) mass is 267 g/mol. The van der Waals surface area contributed by atoms with Gasteiger partial charge in [-0.25, -0.2) is 0 Å². The van der Waals surface area contributed by atoms with Crippen molar-refractivity contribution in [3.05, 3.63) is 29.8 Å². The van der Waals surface area contributed by atoms with Gasteiger partial charge in [0.2, 0.25) is 5.91 Å². The maximum atomic E-state index is 11.8. The number of hydrogen-bond acceptors (Lipinski definition) is 1. The molecular formula is C15H22ClNO. The molecule has 0 aliphatic heterocycles. The molecule has 0 saturated carbocycles. The maximum Gasteiger partial charge on any atom is 0.224 e. The molecule has 0 fully saturated rings. The highest BCUT2D eigenvalue weighted by atomic mass is 35.5. The second-order valence-corrected chi connectivity index (χ2v) is 5.87. The highest BCUT2D eigenvalue weighted by molar-refractivity contribution is 6.17. The van der Waals surface area contributed by atoms with Gasteiger partial charge in [0.1, 0.15) is 0 Å². The van der Waals surface area contributed by atoms with Crippen molar-refractivity contribution in [1.82, 2.24) is 0 Å². The summed E-state index contributed by atoms with van der Waals surface area (Å²) in [4.78, 5) is 11.8. The van der Waals surface area contributed by atoms with Crippen LogP contribution < -0.4 is 5.32 Å². The van der Waals surface area contributed by atoms with Crippen molar-refractivity contribution in [2.75, 3.05) is 11.2 Å². The topological polar surface area (TPSA) is 29.1 Å². The first-order valence-electron chi connectivity index (χ1n) is 6.40. The zero-order valence-corrected chi connectivity index (χ0v) is 12.2. The van der Waals surface area contributed by atoms with Crippen LogP contribution in [0.25, 0.3) is 0 Å². The molecule has 0 spiro atoms. The fourth-order valence-electron chi connectivity index (χ4n) is 1.84. The van der Waals surface area contributed by atoms with E-state index < -0.39 is 0 Å². The van der Waals surface area contributed by atoms with Gasteiger partial charge in [0.25, 0.3) is 0 Å². The lowest BCUT2D eigenvalue weighted by molar-refractivity contribution is -0.116. The Morgan fingerprint density at radius 3 is 2.50 bits per heavy atom. The summed E-state index contributed by atoms with van der Waals surface area (Å²) >= 11 is 5.60. The Morgan fingerprint density at radius 2 is 1.89 bits per heavy atom. The highest BCUT2D eigenvalue weighted by Crippen LogP contribution is 2.29. The van der Waals surface area contributed by atoms with Crippen LogP contribution in [0.4, 0.5) is 5.69 Å². The van der Waals surface area contributed by atoms with Gasteiger partial charge >= 0.3 is 0 Å². The van der Waals surface area contributed by atoms with Gasteiger partial charge < -0.3 is 5.32 Å². The number of hydrogen-bond donors (Lipinski definition) is 1. The predicted octanol–water partition coefficient (Wildman–Crippen LogP) is 4.33. The van der Waals surface area contributed by atoms with Gasteiger partial charge in [-0.2, -0.15) is 0 Å². The number of halogens is 1. The van der Waals surface area contributed by atoms with E-state index in [9.17, 15) is 4.79 Å². The first kappa shape index (κ1) is 15.0. The molecule has 0 atom stereocenters. The van der Waals surface area contributed by atoms with Crippen LogP contribution in [0, 0.1) is 0 Å². The third kappa shape index (κ3) is 4.69. The first-order chi connectivity index (χ1) is 8.45. The standard InChI is InChI=1S/C15H22ClNO/c1-15(2,3)12-8-4-5-9-13(12)17-14(18)10-6-7-11-16/h4-5,8-9H,6-7,10-11H2,1-3H3,(H,17,18). The third-order valence-corrected chi connectivity index (χ3v) is 3.06. The molecule has 0 heterocycles. The summed E-state index contributed by atoms with van der Waals surface area (Å²) in [5.41, 5.74) is 2.11. The molecule has 1 aromatic rings. The summed E-state index contributed by atoms with van der Waals surface area (Å²) in [6.45, 7) is 6.43. The Morgan fingerprint density at radius 1 is 1.22 bits per heavy atom. The molecule has 0 aliphatic carbocycles. The average molecular weight is 268 g/mol. The SMILES string of the molecule is CC(C)(C)c1ccccc1NC(=O)CCCCCl. The number of anilines is 1. The molecule has 2 nitrogen and oxygen atoms in total. The van der Waals surface area contributed by atoms with Crippen molar-refractivity contribution < 1.29 is 4.79 Å². The number of amides is 1. The zero-order valence-electron chi connectivity index (χ0n) is 11.4. The Balaban J connectivity index is 2.70. The lowest BCUT2D eigenvalue weighted by Crippen LogP contribution is -2.18. The summed E-state index contributed by atoms with van der Waals surface area (Å²) in [6, 6.07) is 7.97. The summed E-state index contributed by atoms with van der Waals surface area (Å²) in [5.74, 6) is 0.683. The van der Waals surface area contributed by atoms with Crippen LogP contribution in [0.2, 0.25) is 0 Å². The number of nitrogens with one attached hydrogen (secondary N) is 1. The molecule has 1 rings (SSSR count). The summed E-state index contributed by atoms with van der Waals surface area (Å²) in [7, 11) is 0. The maximum absolute atomic E-state index is 11.8. The normalized spacial score (nSPS) is 11.3. The summed E-state index contributed by atoms with van der Waals surface area (Å²) < 4.78 is 0. The van der Waals surface area contributed by atoms with Crippen LogP contribution in [0.3, 0.4) is 0 Å². The predicted molar refractivity (Wildman–Crippen MR) is 78.3 cm³/mol. The average Bonchev–Trinajstić information content (AvgIpc) is 2.28. The van der Waals surface area contributed by atoms with Crippen LogP contribution >= 0.6 is 11.6 Å². The molecule has 0 saturated heterocycles. The number of rotatable bonds is 5. The van der Waals surface area contributed by atoms with Crippen LogP contribution in [0.15, 0.2) is 24.3 Å². The molecule has 1 aromatic carbocycles. The van der Waals surface area contributed by atoms with E-state index in [1.165, 1.54) is 0 Å². The Labute approximate surface area is 115 Å². The number of unbranched alkanes of at least 4 members (excludes halogenated alkanes) is 1. The molecular weight excluding hydrogens is 246 g/mol. The van der Waals surface area contributed by atoms with E-state index in [2.05, 4.69) is 32.2 Å². The van der Waals surface area contributed by atoms with Crippen LogP contribution in [-0.2, 0) is 10.2 Å². The van der Waals surface area contributed by atoms with Gasteiger partial charge in [-0.3, -0.25) is 4.79 Å². The van der Waals surface area contributed by atoms with Crippen molar-refractivity contribution in [3.63, 3.8) is 0 Å². The minimum atomic E-state index is 0.0278. The minimum absolute atomic E-state index is 0.0278. The van der Waals surface area contributed by atoms with E-state index in [0.29, 0.717) is 12.3 Å². The summed E-state index contributed by atoms with van der Waals surface area (Å²) in [5, 5.41) is 2.99. The molecule has 0 radical (unpaired) electrons. The molecule has 0 unspecified atom stereocenters. The molecule has 1 amide bonds. The molecule has 0 aromatic heterocycles. The Bertz CT molecular complexity index is 396. The van der Waals surface area contributed by atoms with Crippen molar-refractivity contribution in [2.24, 2.45) is 0 Å². The highest BCUT2D eigenvalue weighted by Gasteiger charge is 2.18. The fourth-order valence-corrected chi connectivity index (χ4v) is 2.03. The van der Waals surface area contributed by atoms with Gasteiger partial charge in [0, 0.05) is 18.0 Å². The van der Waals surface area contributed by atoms with E-state index in [4.69, 9.17) is 11.6 Å². The molecule has 1 N–H and O–H groups in total. The van der Waals surface area contributed by atoms with Crippen LogP contribution in [0.5, 0.6) is 0 Å². The van der Waals surface area contributed by atoms with Crippen molar-refractivity contribution in [1.29, 1.82) is 0 Å². The Hall–Kier alpha value is -1.02. The lowest BCUT2D eigenvalue weighted by atomic mass is 9.86. The number of para-hydroxylation sites is 1. The summed E-state index contributed by atoms with van der Waals surface area (Å²) in [6.07, 6.45) is 2.26. The third-order valence-electron chi connectivity index (χ3n) is 2.80. The lowest BCUT2D eigenvalue weighted by Gasteiger charge is -2.23. The van der Waals surface area contributed by atoms with Gasteiger partial charge in [0.15, 0.2) is 0 Å². The molecule has 3 heteroatoms. The second-order valence-electron chi connectivity index (χ2n) is 5.49. The number of carbonyl (C=O) groups excluding carboxylic acids is 1. The van der Waals surface area contributed by atoms with Gasteiger partial charge in [-0.05, 0) is 29.9 Å². The molecule has 0 bridgehead atoms. The van der Waals surface area contributed by atoms with Gasteiger partial charge in [-0.15, -0.1) is 11.6 Å². The quantitative estimate of drug-likeness (QED) is 0.624. The van der Waals surface area contributed by atoms with E-state index >= 15 is 0 Å². The Kier molecular flexibility index (Phi) is 5.67. The van der Waals surface area contributed by atoms with Crippen LogP contribution in [-0.4, -0.2) is 11.8 Å². The molecule has 100 valence electrons. The van der Waals surface area contributed by atoms with Crippen molar-refractivity contribution in [3.8, 4) is 0 Å². The zero-order chi connectivity index (χ0) is 13.6. The number of alkyl halides is 1. The minimum Gasteiger partial charge on any atom is -0.326 e. The number of carbonyl (C=O) groups is 1. The van der Waals surface area contributed by atoms with Crippen molar-refractivity contribution >= 4 is 23.2 Å². The van der Waals surface area contributed by atoms with Crippen LogP contribution in [0.1, 0.15) is 45.6 Å². The van der Waals surface area contributed by atoms with Gasteiger partial charge in [0.05, 0.1) is 0 Å². The fraction of sp³-hybridized carbons (Fsp3) is 0.533. The molecule has 0 aliphatic rings. The van der Waals surface area contributed by atoms with Crippen molar-refractivity contribution in [2.45, 2.75) is 45.4 Å². The van der Waals surface area contributed by atoms with Gasteiger partial charge in [-0.1, -0.05) is 39.0 Å². The largest absolute Gasteiger partial charge is 0.326 e. The first-order valence-corrected chi connectivity index (χ1v) is 6.94. The van der Waals surface area contributed by atoms with E-state index in [-0.39, 0.29) is 11.3 Å². The van der Waals surface area contributed by atoms with E-state index in [1.54, 1.807) is 0 Å². The number of benzene rings is 1. The van der Waals surface area contributed by atoms with E-state index in [1.807, 2.05) is 18.2 Å². The smallest absolute Gasteiger partial charge is 0.224 e. The van der Waals surface area contributed by atoms with E-state index in [0.717, 1.165) is 24.1 Å². The second kappa shape index (κ2) is 6.79. The molecule has 18 heavy (non-hydrogen) atoms.